The first kappa shape index (κ1) is 15.7. The third kappa shape index (κ3) is 5.85. The van der Waals surface area contributed by atoms with Gasteiger partial charge in [0, 0.05) is 12.6 Å². The Morgan fingerprint density at radius 2 is 1.95 bits per heavy atom. The van der Waals surface area contributed by atoms with Crippen molar-refractivity contribution in [2.24, 2.45) is 0 Å². The van der Waals surface area contributed by atoms with Crippen LogP contribution in [0.25, 0.3) is 0 Å². The van der Waals surface area contributed by atoms with Crippen molar-refractivity contribution >= 4 is 5.97 Å². The highest BCUT2D eigenvalue weighted by Gasteiger charge is 2.09. The Morgan fingerprint density at radius 3 is 2.53 bits per heavy atom. The van der Waals surface area contributed by atoms with E-state index in [9.17, 15) is 9.90 Å². The number of carbonyl (C=O) groups excluding carboxylic acids is 1. The zero-order chi connectivity index (χ0) is 14.3. The van der Waals surface area contributed by atoms with E-state index < -0.39 is 0 Å². The molecule has 1 aromatic carbocycles. The lowest BCUT2D eigenvalue weighted by Crippen LogP contribution is -2.29. The highest BCUT2D eigenvalue weighted by atomic mass is 16.5. The standard InChI is InChI=1S/C15H23NO3/c1-11(8-12(2)17)16-10-14-7-5-4-6-13(14)9-15(18)19-3/h4-7,11-12,16-17H,8-10H2,1-3H3. The van der Waals surface area contributed by atoms with E-state index in [4.69, 9.17) is 4.74 Å². The largest absolute Gasteiger partial charge is 0.469 e. The normalized spacial score (nSPS) is 13.9. The topological polar surface area (TPSA) is 58.6 Å². The van der Waals surface area contributed by atoms with Gasteiger partial charge in [0.1, 0.15) is 0 Å². The summed E-state index contributed by atoms with van der Waals surface area (Å²) in [6, 6.07) is 8.04. The number of nitrogens with one attached hydrogen (secondary N) is 1. The predicted molar refractivity (Wildman–Crippen MR) is 74.8 cm³/mol. The molecule has 0 fully saturated rings. The first-order chi connectivity index (χ1) is 9.02. The highest BCUT2D eigenvalue weighted by molar-refractivity contribution is 5.72. The molecular weight excluding hydrogens is 242 g/mol. The van der Waals surface area contributed by atoms with E-state index in [0.717, 1.165) is 11.1 Å². The molecule has 0 saturated heterocycles. The number of aliphatic hydroxyl groups excluding tert-OH is 1. The fraction of sp³-hybridized carbons (Fsp3) is 0.533. The SMILES string of the molecule is COC(=O)Cc1ccccc1CNC(C)CC(C)O. The number of esters is 1. The predicted octanol–water partition coefficient (Wildman–Crippen LogP) is 1.65. The Morgan fingerprint density at radius 1 is 1.32 bits per heavy atom. The molecule has 0 aromatic heterocycles. The molecule has 19 heavy (non-hydrogen) atoms. The maximum atomic E-state index is 11.3. The van der Waals surface area contributed by atoms with Crippen molar-refractivity contribution in [1.82, 2.24) is 5.32 Å². The van der Waals surface area contributed by atoms with E-state index in [1.54, 1.807) is 6.92 Å². The molecule has 0 aliphatic carbocycles. The molecule has 106 valence electrons. The second-order valence-corrected chi connectivity index (χ2v) is 4.89. The van der Waals surface area contributed by atoms with Gasteiger partial charge in [0.05, 0.1) is 19.6 Å². The fourth-order valence-electron chi connectivity index (χ4n) is 2.01. The molecule has 2 N–H and O–H groups in total. The summed E-state index contributed by atoms with van der Waals surface area (Å²) in [5.74, 6) is -0.232. The van der Waals surface area contributed by atoms with Crippen molar-refractivity contribution in [2.75, 3.05) is 7.11 Å². The summed E-state index contributed by atoms with van der Waals surface area (Å²) in [6.07, 6.45) is 0.686. The van der Waals surface area contributed by atoms with Crippen LogP contribution >= 0.6 is 0 Å². The van der Waals surface area contributed by atoms with E-state index in [0.29, 0.717) is 19.4 Å². The minimum absolute atomic E-state index is 0.228. The number of hydrogen-bond donors (Lipinski definition) is 2. The maximum absolute atomic E-state index is 11.3. The summed E-state index contributed by atoms with van der Waals surface area (Å²) in [5, 5.41) is 12.7. The fourth-order valence-corrected chi connectivity index (χ4v) is 2.01. The quantitative estimate of drug-likeness (QED) is 0.736. The van der Waals surface area contributed by atoms with Crippen molar-refractivity contribution in [3.63, 3.8) is 0 Å². The summed E-state index contributed by atoms with van der Waals surface area (Å²) in [5.41, 5.74) is 2.07. The van der Waals surface area contributed by atoms with Crippen molar-refractivity contribution in [3.8, 4) is 0 Å². The molecule has 2 atom stereocenters. The highest BCUT2D eigenvalue weighted by Crippen LogP contribution is 2.11. The second-order valence-electron chi connectivity index (χ2n) is 4.89. The Balaban J connectivity index is 2.60. The van der Waals surface area contributed by atoms with Crippen LogP contribution in [0.5, 0.6) is 0 Å². The van der Waals surface area contributed by atoms with Crippen LogP contribution in [0.15, 0.2) is 24.3 Å². The van der Waals surface area contributed by atoms with Gasteiger partial charge < -0.3 is 15.2 Å². The first-order valence-corrected chi connectivity index (χ1v) is 6.58. The van der Waals surface area contributed by atoms with Gasteiger partial charge in [-0.3, -0.25) is 4.79 Å². The van der Waals surface area contributed by atoms with Crippen LogP contribution < -0.4 is 5.32 Å². The molecule has 1 aromatic rings. The molecule has 4 nitrogen and oxygen atoms in total. The van der Waals surface area contributed by atoms with Gasteiger partial charge in [0.25, 0.3) is 0 Å². The number of methoxy groups -OCH3 is 1. The van der Waals surface area contributed by atoms with Crippen molar-refractivity contribution < 1.29 is 14.6 Å². The minimum atomic E-state index is -0.312. The van der Waals surface area contributed by atoms with Gasteiger partial charge in [-0.1, -0.05) is 24.3 Å². The lowest BCUT2D eigenvalue weighted by atomic mass is 10.0. The smallest absolute Gasteiger partial charge is 0.309 e. The van der Waals surface area contributed by atoms with Gasteiger partial charge >= 0.3 is 5.97 Å². The molecule has 2 unspecified atom stereocenters. The van der Waals surface area contributed by atoms with Gasteiger partial charge in [-0.2, -0.15) is 0 Å². The van der Waals surface area contributed by atoms with E-state index >= 15 is 0 Å². The van der Waals surface area contributed by atoms with Crippen molar-refractivity contribution in [2.45, 2.75) is 45.4 Å². The van der Waals surface area contributed by atoms with Crippen LogP contribution in [-0.4, -0.2) is 30.3 Å². The average Bonchev–Trinajstić information content (AvgIpc) is 2.36. The number of carbonyl (C=O) groups is 1. The van der Waals surface area contributed by atoms with Gasteiger partial charge in [-0.15, -0.1) is 0 Å². The van der Waals surface area contributed by atoms with Crippen LogP contribution in [0.3, 0.4) is 0 Å². The third-order valence-corrected chi connectivity index (χ3v) is 3.02. The molecular formula is C15H23NO3. The van der Waals surface area contributed by atoms with E-state index in [1.807, 2.05) is 31.2 Å². The van der Waals surface area contributed by atoms with E-state index in [1.165, 1.54) is 7.11 Å². The van der Waals surface area contributed by atoms with Crippen molar-refractivity contribution in [3.05, 3.63) is 35.4 Å². The van der Waals surface area contributed by atoms with Crippen LogP contribution in [0, 0.1) is 0 Å². The summed E-state index contributed by atoms with van der Waals surface area (Å²) < 4.78 is 4.69. The summed E-state index contributed by atoms with van der Waals surface area (Å²) >= 11 is 0. The molecule has 0 spiro atoms. The first-order valence-electron chi connectivity index (χ1n) is 6.58. The average molecular weight is 265 g/mol. The van der Waals surface area contributed by atoms with Crippen LogP contribution in [0.1, 0.15) is 31.4 Å². The number of aliphatic hydroxyl groups is 1. The van der Waals surface area contributed by atoms with Crippen LogP contribution in [0.2, 0.25) is 0 Å². The molecule has 0 amide bonds. The molecule has 4 heteroatoms. The number of benzene rings is 1. The molecule has 0 aliphatic heterocycles. The molecule has 0 radical (unpaired) electrons. The monoisotopic (exact) mass is 265 g/mol. The number of hydrogen-bond acceptors (Lipinski definition) is 4. The molecule has 0 bridgehead atoms. The maximum Gasteiger partial charge on any atom is 0.309 e. The van der Waals surface area contributed by atoms with E-state index in [-0.39, 0.29) is 18.1 Å². The Hall–Kier alpha value is -1.39. The molecule has 0 aliphatic rings. The Labute approximate surface area is 114 Å². The van der Waals surface area contributed by atoms with Crippen molar-refractivity contribution in [1.29, 1.82) is 0 Å². The number of rotatable bonds is 7. The summed E-state index contributed by atoms with van der Waals surface area (Å²) in [6.45, 7) is 4.50. The number of ether oxygens (including phenoxy) is 1. The minimum Gasteiger partial charge on any atom is -0.469 e. The summed E-state index contributed by atoms with van der Waals surface area (Å²) in [7, 11) is 1.40. The lowest BCUT2D eigenvalue weighted by molar-refractivity contribution is -0.139. The van der Waals surface area contributed by atoms with Gasteiger partial charge in [0.15, 0.2) is 0 Å². The molecule has 0 heterocycles. The van der Waals surface area contributed by atoms with Gasteiger partial charge in [0.2, 0.25) is 0 Å². The van der Waals surface area contributed by atoms with Gasteiger partial charge in [-0.05, 0) is 31.4 Å². The van der Waals surface area contributed by atoms with Crippen LogP contribution in [-0.2, 0) is 22.5 Å². The summed E-state index contributed by atoms with van der Waals surface area (Å²) in [4.78, 5) is 11.3. The lowest BCUT2D eigenvalue weighted by Gasteiger charge is -2.16. The Bertz CT molecular complexity index is 404. The Kier molecular flexibility index (Phi) is 6.53. The van der Waals surface area contributed by atoms with Crippen LogP contribution in [0.4, 0.5) is 0 Å². The van der Waals surface area contributed by atoms with Gasteiger partial charge in [-0.25, -0.2) is 0 Å². The molecule has 0 saturated carbocycles. The zero-order valence-corrected chi connectivity index (χ0v) is 11.8. The molecule has 1 rings (SSSR count). The second kappa shape index (κ2) is 7.92. The van der Waals surface area contributed by atoms with E-state index in [2.05, 4.69) is 5.32 Å². The zero-order valence-electron chi connectivity index (χ0n) is 11.8. The third-order valence-electron chi connectivity index (χ3n) is 3.02.